The second-order valence-electron chi connectivity index (χ2n) is 13.2. The molecule has 0 saturated carbocycles. The van der Waals surface area contributed by atoms with Gasteiger partial charge in [-0.25, -0.2) is 9.97 Å². The Morgan fingerprint density at radius 3 is 0.935 bits per heavy atom. The summed E-state index contributed by atoms with van der Waals surface area (Å²) in [5, 5.41) is 28.0. The van der Waals surface area contributed by atoms with Crippen molar-refractivity contribution in [3.8, 4) is 0 Å². The van der Waals surface area contributed by atoms with Crippen molar-refractivity contribution in [1.29, 1.82) is 0 Å². The quantitative estimate of drug-likeness (QED) is 0.142. The highest BCUT2D eigenvalue weighted by molar-refractivity contribution is 5.21. The maximum absolute atomic E-state index is 4.60. The van der Waals surface area contributed by atoms with Crippen molar-refractivity contribution in [3.05, 3.63) is 105 Å². The molecule has 0 fully saturated rings. The van der Waals surface area contributed by atoms with Crippen LogP contribution in [0.15, 0.2) is 29.0 Å². The molecule has 0 aliphatic heterocycles. The normalized spacial score (nSPS) is 8.71. The predicted octanol–water partition coefficient (Wildman–Crippen LogP) is 10.2. The number of hydrogen-bond donors (Lipinski definition) is 0. The van der Waals surface area contributed by atoms with Gasteiger partial charge in [0, 0.05) is 72.5 Å². The minimum Gasteiger partial charge on any atom is -0.340 e. The molecular weight excluding hydrogens is 781 g/mol. The highest BCUT2D eigenvalue weighted by Crippen LogP contribution is 2.08. The number of aryl methyl sites for hydroxylation is 18. The molecule has 0 saturated heterocycles. The number of aromatic nitrogens is 16. The van der Waals surface area contributed by atoms with Gasteiger partial charge in [0.2, 0.25) is 5.89 Å². The van der Waals surface area contributed by atoms with Gasteiger partial charge in [0.1, 0.15) is 23.3 Å². The zero-order chi connectivity index (χ0) is 42.2. The average Bonchev–Trinajstić information content (AvgIpc) is 3.94. The van der Waals surface area contributed by atoms with Crippen molar-refractivity contribution in [3.63, 3.8) is 0 Å². The van der Waals surface area contributed by atoms with E-state index in [0.717, 1.165) is 40.4 Å². The van der Waals surface area contributed by atoms with Gasteiger partial charge in [-0.05, 0) is 113 Å². The Morgan fingerprint density at radius 1 is 0.452 bits per heavy atom. The molecule has 7 rings (SSSR count). The molecule has 17 nitrogen and oxygen atoms in total. The molecule has 7 aromatic rings. The van der Waals surface area contributed by atoms with Crippen LogP contribution in [0.1, 0.15) is 132 Å². The van der Waals surface area contributed by atoms with Crippen LogP contribution < -0.4 is 0 Å². The lowest BCUT2D eigenvalue weighted by atomic mass is 10.2. The van der Waals surface area contributed by atoms with Crippen LogP contribution in [0.2, 0.25) is 0 Å². The summed E-state index contributed by atoms with van der Waals surface area (Å²) in [6, 6.07) is 4.11. The van der Waals surface area contributed by atoms with E-state index in [2.05, 4.69) is 81.2 Å². The largest absolute Gasteiger partial charge is 0.340 e. The topological polar surface area (TPSA) is 172 Å². The van der Waals surface area contributed by atoms with Gasteiger partial charge >= 0.3 is 0 Å². The lowest BCUT2D eigenvalue weighted by Gasteiger charge is -1.90. The summed E-state index contributed by atoms with van der Waals surface area (Å²) in [7, 11) is 11.5. The first-order valence-corrected chi connectivity index (χ1v) is 17.8. The van der Waals surface area contributed by atoms with E-state index in [1.54, 1.807) is 27.9 Å². The summed E-state index contributed by atoms with van der Waals surface area (Å²) in [6.07, 6.45) is 3.81. The second kappa shape index (κ2) is 33.9. The molecule has 358 valence electrons. The molecule has 0 unspecified atom stereocenters. The Hall–Kier alpha value is -5.74. The number of hydrogen-bond acceptors (Lipinski definition) is 11. The van der Waals surface area contributed by atoms with E-state index in [9.17, 15) is 0 Å². The summed E-state index contributed by atoms with van der Waals surface area (Å²) in [5.74, 6) is 4.91. The van der Waals surface area contributed by atoms with Gasteiger partial charge in [0.15, 0.2) is 5.82 Å². The SMILES string of the molecule is C.C.C.C.C.C.C.Cc1cc(C)n(C)n1.Cc1cc(C)n(C)n1.Cc1cnn(C)c1.Cc1nc(C)n(C)n1.Cc1nc(C)n(C)n1.Cc1nn(C)c(C)c1C.Cc1noc(C)n1. The van der Waals surface area contributed by atoms with Gasteiger partial charge in [0.05, 0.1) is 23.3 Å². The van der Waals surface area contributed by atoms with Crippen LogP contribution in [0.3, 0.4) is 0 Å². The molecule has 0 aliphatic carbocycles. The van der Waals surface area contributed by atoms with E-state index >= 15 is 0 Å². The standard InChI is InChI=1S/C7H12N2.2C6H10N2.2C5H9N3.C5H8N2.C4H6N2O.7CH4/c1-5-6(2)8-9(4)7(5)3;2*1-5-4-6(2)8(3)7-5;2*1-4-6-5(2)8(3)7-4;1-5-3-6-7(2)4-5;1-3-5-4(2)7-6-3;;;;;;;/h1-4H3;2*4H,1-3H3;2*1-3H3;3-4H,1-2H3;1-2H3;7*1H4. The van der Waals surface area contributed by atoms with Crippen LogP contribution in [-0.2, 0) is 42.3 Å². The van der Waals surface area contributed by atoms with Gasteiger partial charge in [0.25, 0.3) is 0 Å². The fourth-order valence-electron chi connectivity index (χ4n) is 4.54. The zero-order valence-corrected chi connectivity index (χ0v) is 36.9. The Bertz CT molecular complexity index is 1800. The second-order valence-corrected chi connectivity index (χ2v) is 13.2. The monoisotopic (exact) mass is 873 g/mol. The minimum absolute atomic E-state index is 0. The molecule has 0 bridgehead atoms. The number of rotatable bonds is 0. The summed E-state index contributed by atoms with van der Waals surface area (Å²) in [6.45, 7) is 27.5. The van der Waals surface area contributed by atoms with Crippen LogP contribution in [0.5, 0.6) is 0 Å². The van der Waals surface area contributed by atoms with Crippen LogP contribution in [-0.4, -0.2) is 78.8 Å². The lowest BCUT2D eigenvalue weighted by molar-refractivity contribution is 0.389. The van der Waals surface area contributed by atoms with Gasteiger partial charge in [-0.2, -0.15) is 35.6 Å². The molecule has 0 atom stereocenters. The van der Waals surface area contributed by atoms with Crippen molar-refractivity contribution in [2.45, 2.75) is 149 Å². The maximum Gasteiger partial charge on any atom is 0.223 e. The Labute approximate surface area is 378 Å². The lowest BCUT2D eigenvalue weighted by Crippen LogP contribution is -1.92. The molecule has 0 radical (unpaired) electrons. The first-order valence-electron chi connectivity index (χ1n) is 17.8. The van der Waals surface area contributed by atoms with Crippen LogP contribution in [0, 0.1) is 96.9 Å². The van der Waals surface area contributed by atoms with E-state index in [0.29, 0.717) is 11.7 Å². The van der Waals surface area contributed by atoms with E-state index in [1.165, 1.54) is 28.2 Å². The van der Waals surface area contributed by atoms with Gasteiger partial charge in [-0.3, -0.25) is 28.1 Å². The van der Waals surface area contributed by atoms with E-state index in [4.69, 9.17) is 0 Å². The molecule has 7 heterocycles. The summed E-state index contributed by atoms with van der Waals surface area (Å²) in [4.78, 5) is 12.0. The molecule has 0 aromatic carbocycles. The van der Waals surface area contributed by atoms with E-state index in [-0.39, 0.29) is 52.0 Å². The molecule has 62 heavy (non-hydrogen) atoms. The van der Waals surface area contributed by atoms with Crippen LogP contribution >= 0.6 is 0 Å². The van der Waals surface area contributed by atoms with Crippen molar-refractivity contribution >= 4 is 0 Å². The van der Waals surface area contributed by atoms with Crippen molar-refractivity contribution < 1.29 is 4.52 Å². The third-order valence-corrected chi connectivity index (χ3v) is 7.98. The summed E-state index contributed by atoms with van der Waals surface area (Å²) in [5.41, 5.74) is 9.50. The first-order chi connectivity index (χ1) is 25.5. The van der Waals surface area contributed by atoms with Crippen molar-refractivity contribution in [1.82, 2.24) is 78.8 Å². The Balaban J connectivity index is -0.000000112. The fraction of sp³-hybridized carbons (Fsp3) is 0.600. The Kier molecular flexibility index (Phi) is 38.7. The minimum atomic E-state index is 0. The smallest absolute Gasteiger partial charge is 0.223 e. The van der Waals surface area contributed by atoms with Crippen LogP contribution in [0.25, 0.3) is 0 Å². The first kappa shape index (κ1) is 70.8. The molecular formula is C45H92N16O. The van der Waals surface area contributed by atoms with E-state index in [1.807, 2.05) is 138 Å². The fourth-order valence-corrected chi connectivity index (χ4v) is 4.54. The molecule has 0 amide bonds. The Morgan fingerprint density at radius 2 is 0.855 bits per heavy atom. The zero-order valence-electron chi connectivity index (χ0n) is 36.9. The summed E-state index contributed by atoms with van der Waals surface area (Å²) < 4.78 is 15.6. The predicted molar refractivity (Wildman–Crippen MR) is 263 cm³/mol. The van der Waals surface area contributed by atoms with Crippen molar-refractivity contribution in [2.24, 2.45) is 42.3 Å². The van der Waals surface area contributed by atoms with Crippen molar-refractivity contribution in [2.75, 3.05) is 0 Å². The number of nitrogens with zero attached hydrogens (tertiary/aromatic N) is 16. The molecule has 0 spiro atoms. The molecule has 17 heteroatoms. The van der Waals surface area contributed by atoms with Gasteiger partial charge < -0.3 is 4.52 Å². The third-order valence-electron chi connectivity index (χ3n) is 7.98. The third kappa shape index (κ3) is 26.5. The summed E-state index contributed by atoms with van der Waals surface area (Å²) >= 11 is 0. The molecule has 0 aliphatic rings. The van der Waals surface area contributed by atoms with Crippen LogP contribution in [0.4, 0.5) is 0 Å². The van der Waals surface area contributed by atoms with E-state index < -0.39 is 0 Å². The maximum atomic E-state index is 4.60. The molecule has 0 N–H and O–H groups in total. The van der Waals surface area contributed by atoms with Gasteiger partial charge in [-0.15, -0.1) is 0 Å². The molecule has 7 aromatic heterocycles. The highest BCUT2D eigenvalue weighted by atomic mass is 16.5. The average molecular weight is 873 g/mol. The van der Waals surface area contributed by atoms with Gasteiger partial charge in [-0.1, -0.05) is 57.1 Å². The highest BCUT2D eigenvalue weighted by Gasteiger charge is 2.01.